The average Bonchev–Trinajstić information content (AvgIpc) is 3.07. The monoisotopic (exact) mass is 309 g/mol. The van der Waals surface area contributed by atoms with Crippen LogP contribution < -0.4 is 5.73 Å². The van der Waals surface area contributed by atoms with Crippen molar-refractivity contribution in [2.24, 2.45) is 5.41 Å². The summed E-state index contributed by atoms with van der Waals surface area (Å²) in [5, 5.41) is 0.552. The molecule has 3 nitrogen and oxygen atoms in total. The largest absolute Gasteiger partial charge is 0.460 e. The predicted octanol–water partition coefficient (Wildman–Crippen LogP) is 4.54. The van der Waals surface area contributed by atoms with Crippen molar-refractivity contribution >= 4 is 23.3 Å². The summed E-state index contributed by atoms with van der Waals surface area (Å²) < 4.78 is 5.47. The van der Waals surface area contributed by atoms with Crippen molar-refractivity contribution in [1.82, 2.24) is 0 Å². The number of benzene rings is 1. The summed E-state index contributed by atoms with van der Waals surface area (Å²) in [5.41, 5.74) is 7.25. The maximum Gasteiger partial charge on any atom is 0.306 e. The Labute approximate surface area is 131 Å². The lowest BCUT2D eigenvalue weighted by Gasteiger charge is -2.26. The number of esters is 1. The van der Waals surface area contributed by atoms with E-state index in [0.717, 1.165) is 18.4 Å². The van der Waals surface area contributed by atoms with Crippen molar-refractivity contribution in [2.75, 3.05) is 5.73 Å². The first-order valence-corrected chi connectivity index (χ1v) is 7.75. The van der Waals surface area contributed by atoms with E-state index in [-0.39, 0.29) is 17.3 Å². The Hall–Kier alpha value is -1.22. The molecule has 0 saturated heterocycles. The molecule has 2 N–H and O–H groups in total. The molecular formula is C17H24ClNO2. The molecule has 116 valence electrons. The van der Waals surface area contributed by atoms with Crippen LogP contribution in [0, 0.1) is 5.41 Å². The maximum atomic E-state index is 12.2. The highest BCUT2D eigenvalue weighted by Gasteiger charge is 2.46. The Morgan fingerprint density at radius 3 is 2.52 bits per heavy atom. The van der Waals surface area contributed by atoms with Gasteiger partial charge in [0, 0.05) is 0 Å². The molecule has 1 unspecified atom stereocenters. The third-order valence-corrected chi connectivity index (χ3v) is 4.44. The van der Waals surface area contributed by atoms with Gasteiger partial charge < -0.3 is 10.5 Å². The van der Waals surface area contributed by atoms with Gasteiger partial charge in [-0.25, -0.2) is 0 Å². The van der Waals surface area contributed by atoms with Gasteiger partial charge >= 0.3 is 5.97 Å². The smallest absolute Gasteiger partial charge is 0.306 e. The number of carbonyl (C=O) groups is 1. The molecule has 0 amide bonds. The molecule has 0 heterocycles. The number of hydrogen-bond acceptors (Lipinski definition) is 3. The number of nitrogens with two attached hydrogens (primary N) is 1. The SMILES string of the molecule is CC(C)(C)OC(=O)CC(c1ccc(Cl)c(N)c1)C1(C)CC1. The van der Waals surface area contributed by atoms with Crippen LogP contribution in [0.4, 0.5) is 5.69 Å². The van der Waals surface area contributed by atoms with Crippen molar-refractivity contribution in [3.8, 4) is 0 Å². The highest BCUT2D eigenvalue weighted by molar-refractivity contribution is 6.33. The molecule has 1 saturated carbocycles. The Morgan fingerprint density at radius 1 is 1.43 bits per heavy atom. The summed E-state index contributed by atoms with van der Waals surface area (Å²) >= 11 is 5.99. The minimum absolute atomic E-state index is 0.131. The van der Waals surface area contributed by atoms with Crippen LogP contribution in [0.15, 0.2) is 18.2 Å². The molecule has 4 heteroatoms. The standard InChI is InChI=1S/C17H24ClNO2/c1-16(2,3)21-15(20)10-12(17(4)7-8-17)11-5-6-13(18)14(19)9-11/h5-6,9,12H,7-8,10,19H2,1-4H3. The zero-order valence-electron chi connectivity index (χ0n) is 13.2. The van der Waals surface area contributed by atoms with Gasteiger partial charge in [-0.3, -0.25) is 4.79 Å². The van der Waals surface area contributed by atoms with Crippen molar-refractivity contribution in [3.05, 3.63) is 28.8 Å². The van der Waals surface area contributed by atoms with E-state index in [9.17, 15) is 4.79 Å². The normalized spacial score (nSPS) is 18.1. The average molecular weight is 310 g/mol. The zero-order valence-corrected chi connectivity index (χ0v) is 14.0. The topological polar surface area (TPSA) is 52.3 Å². The molecule has 2 rings (SSSR count). The number of hydrogen-bond donors (Lipinski definition) is 1. The second kappa shape index (κ2) is 5.53. The molecule has 1 aliphatic rings. The van der Waals surface area contributed by atoms with Crippen LogP contribution in [0.25, 0.3) is 0 Å². The molecule has 1 aliphatic carbocycles. The van der Waals surface area contributed by atoms with Crippen LogP contribution in [-0.2, 0) is 9.53 Å². The number of anilines is 1. The van der Waals surface area contributed by atoms with Gasteiger partial charge in [0.2, 0.25) is 0 Å². The lowest BCUT2D eigenvalue weighted by Crippen LogP contribution is -2.26. The van der Waals surface area contributed by atoms with Gasteiger partial charge in [-0.1, -0.05) is 24.6 Å². The first-order valence-electron chi connectivity index (χ1n) is 7.37. The molecule has 1 aromatic rings. The fourth-order valence-electron chi connectivity index (χ4n) is 2.64. The van der Waals surface area contributed by atoms with Gasteiger partial charge in [0.05, 0.1) is 17.1 Å². The number of nitrogen functional groups attached to an aromatic ring is 1. The lowest BCUT2D eigenvalue weighted by molar-refractivity contribution is -0.155. The molecule has 1 fully saturated rings. The van der Waals surface area contributed by atoms with E-state index in [0.29, 0.717) is 17.1 Å². The molecule has 1 atom stereocenters. The fourth-order valence-corrected chi connectivity index (χ4v) is 2.76. The van der Waals surface area contributed by atoms with Crippen LogP contribution in [0.2, 0.25) is 5.02 Å². The summed E-state index contributed by atoms with van der Waals surface area (Å²) in [7, 11) is 0. The first kappa shape index (κ1) is 16.2. The molecule has 0 spiro atoms. The second-order valence-electron chi connectivity index (χ2n) is 7.28. The molecule has 0 bridgehead atoms. The second-order valence-corrected chi connectivity index (χ2v) is 7.69. The predicted molar refractivity (Wildman–Crippen MR) is 86.4 cm³/mol. The van der Waals surface area contributed by atoms with Gasteiger partial charge in [0.15, 0.2) is 0 Å². The van der Waals surface area contributed by atoms with Crippen molar-refractivity contribution in [2.45, 2.75) is 58.5 Å². The Bertz CT molecular complexity index is 544. The van der Waals surface area contributed by atoms with Crippen LogP contribution in [-0.4, -0.2) is 11.6 Å². The number of carbonyl (C=O) groups excluding carboxylic acids is 1. The van der Waals surface area contributed by atoms with E-state index in [2.05, 4.69) is 6.92 Å². The van der Waals surface area contributed by atoms with Crippen LogP contribution in [0.1, 0.15) is 58.4 Å². The van der Waals surface area contributed by atoms with Crippen molar-refractivity contribution < 1.29 is 9.53 Å². The number of rotatable bonds is 4. The van der Waals surface area contributed by atoms with Gasteiger partial charge in [-0.2, -0.15) is 0 Å². The zero-order chi connectivity index (χ0) is 15.8. The molecule has 0 radical (unpaired) electrons. The lowest BCUT2D eigenvalue weighted by atomic mass is 9.82. The number of ether oxygens (including phenoxy) is 1. The van der Waals surface area contributed by atoms with Crippen LogP contribution in [0.5, 0.6) is 0 Å². The van der Waals surface area contributed by atoms with Gasteiger partial charge in [-0.05, 0) is 62.6 Å². The van der Waals surface area contributed by atoms with E-state index in [1.54, 1.807) is 6.07 Å². The van der Waals surface area contributed by atoms with E-state index < -0.39 is 5.60 Å². The molecule has 21 heavy (non-hydrogen) atoms. The third-order valence-electron chi connectivity index (χ3n) is 4.09. The summed E-state index contributed by atoms with van der Waals surface area (Å²) in [6.45, 7) is 7.88. The third kappa shape index (κ3) is 4.13. The molecular weight excluding hydrogens is 286 g/mol. The first-order chi connectivity index (χ1) is 9.61. The molecule has 0 aromatic heterocycles. The number of halogens is 1. The van der Waals surface area contributed by atoms with Gasteiger partial charge in [0.1, 0.15) is 5.60 Å². The molecule has 0 aliphatic heterocycles. The fraction of sp³-hybridized carbons (Fsp3) is 0.588. The van der Waals surface area contributed by atoms with E-state index in [1.807, 2.05) is 32.9 Å². The Kier molecular flexibility index (Phi) is 4.25. The van der Waals surface area contributed by atoms with Crippen LogP contribution in [0.3, 0.4) is 0 Å². The van der Waals surface area contributed by atoms with Crippen molar-refractivity contribution in [1.29, 1.82) is 0 Å². The van der Waals surface area contributed by atoms with Crippen molar-refractivity contribution in [3.63, 3.8) is 0 Å². The molecule has 1 aromatic carbocycles. The highest BCUT2D eigenvalue weighted by atomic mass is 35.5. The Balaban J connectivity index is 2.20. The highest BCUT2D eigenvalue weighted by Crippen LogP contribution is 2.57. The summed E-state index contributed by atoms with van der Waals surface area (Å²) in [6.07, 6.45) is 2.64. The summed E-state index contributed by atoms with van der Waals surface area (Å²) in [4.78, 5) is 12.2. The minimum Gasteiger partial charge on any atom is -0.460 e. The minimum atomic E-state index is -0.453. The van der Waals surface area contributed by atoms with E-state index in [1.165, 1.54) is 0 Å². The van der Waals surface area contributed by atoms with E-state index >= 15 is 0 Å². The maximum absolute atomic E-state index is 12.2. The summed E-state index contributed by atoms with van der Waals surface area (Å²) in [6, 6.07) is 5.66. The summed E-state index contributed by atoms with van der Waals surface area (Å²) in [5.74, 6) is -0.0268. The van der Waals surface area contributed by atoms with Gasteiger partial charge in [0.25, 0.3) is 0 Å². The quantitative estimate of drug-likeness (QED) is 0.656. The Morgan fingerprint density at radius 2 is 2.05 bits per heavy atom. The van der Waals surface area contributed by atoms with Crippen LogP contribution >= 0.6 is 11.6 Å². The van der Waals surface area contributed by atoms with Gasteiger partial charge in [-0.15, -0.1) is 0 Å². The van der Waals surface area contributed by atoms with E-state index in [4.69, 9.17) is 22.1 Å².